The number of ether oxygens (including phenoxy) is 2. The Hall–Kier alpha value is -3.23. The van der Waals surface area contributed by atoms with E-state index in [1.807, 2.05) is 35.2 Å². The van der Waals surface area contributed by atoms with Gasteiger partial charge in [-0.25, -0.2) is 4.79 Å². The van der Waals surface area contributed by atoms with E-state index < -0.39 is 0 Å². The Kier molecular flexibility index (Phi) is 6.60. The van der Waals surface area contributed by atoms with Crippen LogP contribution in [0.15, 0.2) is 54.6 Å². The van der Waals surface area contributed by atoms with Crippen molar-refractivity contribution in [2.24, 2.45) is 0 Å². The molecular formula is C25H24ClN3O4S. The number of hydrogen-bond acceptors (Lipinski definition) is 5. The van der Waals surface area contributed by atoms with Crippen molar-refractivity contribution in [1.82, 2.24) is 9.80 Å². The summed E-state index contributed by atoms with van der Waals surface area (Å²) in [7, 11) is 0. The third-order valence-corrected chi connectivity index (χ3v) is 7.18. The van der Waals surface area contributed by atoms with E-state index in [4.69, 9.17) is 21.1 Å². The molecule has 0 radical (unpaired) electrons. The highest BCUT2D eigenvalue weighted by atomic mass is 35.5. The van der Waals surface area contributed by atoms with E-state index in [9.17, 15) is 9.59 Å². The molecule has 0 spiro atoms. The van der Waals surface area contributed by atoms with Gasteiger partial charge in [-0.05, 0) is 66.6 Å². The molecule has 2 aromatic carbocycles. The van der Waals surface area contributed by atoms with Gasteiger partial charge in [0.15, 0.2) is 11.5 Å². The molecule has 0 aliphatic carbocycles. The summed E-state index contributed by atoms with van der Waals surface area (Å²) in [6.45, 7) is 3.26. The van der Waals surface area contributed by atoms with Crippen LogP contribution in [-0.4, -0.2) is 61.1 Å². The van der Waals surface area contributed by atoms with Crippen molar-refractivity contribution in [3.05, 3.63) is 64.5 Å². The zero-order valence-electron chi connectivity index (χ0n) is 18.5. The monoisotopic (exact) mass is 497 g/mol. The summed E-state index contributed by atoms with van der Waals surface area (Å²) in [6, 6.07) is 16.5. The first kappa shape index (κ1) is 22.6. The maximum absolute atomic E-state index is 13.2. The van der Waals surface area contributed by atoms with Gasteiger partial charge in [-0.15, -0.1) is 11.3 Å². The molecule has 3 heterocycles. The van der Waals surface area contributed by atoms with Gasteiger partial charge in [-0.1, -0.05) is 11.6 Å². The molecule has 1 N–H and O–H groups in total. The van der Waals surface area contributed by atoms with Crippen molar-refractivity contribution in [3.8, 4) is 21.9 Å². The van der Waals surface area contributed by atoms with Crippen LogP contribution >= 0.6 is 22.9 Å². The van der Waals surface area contributed by atoms with Crippen LogP contribution in [0.1, 0.15) is 16.1 Å². The summed E-state index contributed by atoms with van der Waals surface area (Å²) >= 11 is 7.37. The molecule has 5 rings (SSSR count). The Labute approximate surface area is 206 Å². The standard InChI is InChI=1S/C25H24ClN3O4S/c26-18-3-5-19(6-4-18)27-25(31)29-11-1-10-28(12-13-29)24(30)23-9-8-22(34-23)17-2-7-20-21(16-17)33-15-14-32-20/h2-9,16H,1,10-15H2,(H,27,31). The van der Waals surface area contributed by atoms with E-state index >= 15 is 0 Å². The van der Waals surface area contributed by atoms with E-state index in [1.54, 1.807) is 29.2 Å². The molecule has 9 heteroatoms. The lowest BCUT2D eigenvalue weighted by molar-refractivity contribution is 0.0767. The lowest BCUT2D eigenvalue weighted by Crippen LogP contribution is -2.39. The van der Waals surface area contributed by atoms with Gasteiger partial charge in [0.05, 0.1) is 4.88 Å². The second kappa shape index (κ2) is 9.95. The number of rotatable bonds is 3. The number of nitrogens with one attached hydrogen (secondary N) is 1. The molecule has 1 fully saturated rings. The second-order valence-corrected chi connectivity index (χ2v) is 9.61. The first-order valence-corrected chi connectivity index (χ1v) is 12.4. The number of benzene rings is 2. The number of carbonyl (C=O) groups is 2. The summed E-state index contributed by atoms with van der Waals surface area (Å²) in [6.07, 6.45) is 0.722. The van der Waals surface area contributed by atoms with E-state index in [-0.39, 0.29) is 11.9 Å². The van der Waals surface area contributed by atoms with Gasteiger partial charge < -0.3 is 24.6 Å². The van der Waals surface area contributed by atoms with Crippen LogP contribution in [0, 0.1) is 0 Å². The van der Waals surface area contributed by atoms with E-state index in [1.165, 1.54) is 11.3 Å². The number of hydrogen-bond donors (Lipinski definition) is 1. The summed E-state index contributed by atoms with van der Waals surface area (Å²) in [5.41, 5.74) is 1.69. The molecule has 3 aromatic rings. The van der Waals surface area contributed by atoms with Crippen LogP contribution in [0.3, 0.4) is 0 Å². The van der Waals surface area contributed by atoms with Gasteiger partial charge in [0.2, 0.25) is 0 Å². The lowest BCUT2D eigenvalue weighted by Gasteiger charge is -2.22. The van der Waals surface area contributed by atoms with Crippen molar-refractivity contribution in [3.63, 3.8) is 0 Å². The van der Waals surface area contributed by atoms with Crippen molar-refractivity contribution < 1.29 is 19.1 Å². The van der Waals surface area contributed by atoms with Gasteiger partial charge in [-0.2, -0.15) is 0 Å². The number of fused-ring (bicyclic) bond motifs is 1. The Morgan fingerprint density at radius 2 is 1.59 bits per heavy atom. The van der Waals surface area contributed by atoms with Gasteiger partial charge in [0, 0.05) is 41.8 Å². The molecule has 34 heavy (non-hydrogen) atoms. The van der Waals surface area contributed by atoms with Crippen molar-refractivity contribution in [2.45, 2.75) is 6.42 Å². The third kappa shape index (κ3) is 4.98. The zero-order chi connectivity index (χ0) is 23.5. The number of amides is 3. The summed E-state index contributed by atoms with van der Waals surface area (Å²) < 4.78 is 11.3. The molecule has 176 valence electrons. The number of thiophene rings is 1. The second-order valence-electron chi connectivity index (χ2n) is 8.09. The Morgan fingerprint density at radius 3 is 2.41 bits per heavy atom. The fourth-order valence-corrected chi connectivity index (χ4v) is 5.12. The maximum Gasteiger partial charge on any atom is 0.321 e. The summed E-state index contributed by atoms with van der Waals surface area (Å²) in [5, 5.41) is 3.51. The first-order chi connectivity index (χ1) is 16.6. The van der Waals surface area contributed by atoms with E-state index in [0.717, 1.165) is 28.4 Å². The Morgan fingerprint density at radius 1 is 0.853 bits per heavy atom. The van der Waals surface area contributed by atoms with E-state index in [0.29, 0.717) is 55.0 Å². The maximum atomic E-state index is 13.2. The fraction of sp³-hybridized carbons (Fsp3) is 0.280. The highest BCUT2D eigenvalue weighted by Crippen LogP contribution is 2.37. The molecule has 1 saturated heterocycles. The van der Waals surface area contributed by atoms with Crippen LogP contribution in [0.5, 0.6) is 11.5 Å². The average molecular weight is 498 g/mol. The molecule has 0 saturated carbocycles. The van der Waals surface area contributed by atoms with Gasteiger partial charge in [-0.3, -0.25) is 4.79 Å². The highest BCUT2D eigenvalue weighted by molar-refractivity contribution is 7.17. The van der Waals surface area contributed by atoms with Crippen LogP contribution < -0.4 is 14.8 Å². The molecule has 2 aliphatic heterocycles. The minimum atomic E-state index is -0.173. The summed E-state index contributed by atoms with van der Waals surface area (Å²) in [5.74, 6) is 1.47. The SMILES string of the molecule is O=C(Nc1ccc(Cl)cc1)N1CCCN(C(=O)c2ccc(-c3ccc4c(c3)OCCO4)s2)CC1. The van der Waals surface area contributed by atoms with Crippen LogP contribution in [0.25, 0.3) is 10.4 Å². The summed E-state index contributed by atoms with van der Waals surface area (Å²) in [4.78, 5) is 31.1. The average Bonchev–Trinajstić information content (AvgIpc) is 3.22. The van der Waals surface area contributed by atoms with Gasteiger partial charge >= 0.3 is 6.03 Å². The quantitative estimate of drug-likeness (QED) is 0.538. The van der Waals surface area contributed by atoms with Crippen LogP contribution in [0.2, 0.25) is 5.02 Å². The predicted molar refractivity (Wildman–Crippen MR) is 133 cm³/mol. The van der Waals surface area contributed by atoms with Crippen molar-refractivity contribution >= 4 is 40.6 Å². The molecule has 0 bridgehead atoms. The van der Waals surface area contributed by atoms with Crippen LogP contribution in [0.4, 0.5) is 10.5 Å². The number of nitrogens with zero attached hydrogens (tertiary/aromatic N) is 2. The lowest BCUT2D eigenvalue weighted by atomic mass is 10.1. The van der Waals surface area contributed by atoms with Crippen LogP contribution in [-0.2, 0) is 0 Å². The molecule has 2 aliphatic rings. The smallest absolute Gasteiger partial charge is 0.321 e. The van der Waals surface area contributed by atoms with E-state index in [2.05, 4.69) is 5.32 Å². The number of halogens is 1. The Bertz CT molecular complexity index is 1200. The first-order valence-electron chi connectivity index (χ1n) is 11.2. The molecule has 7 nitrogen and oxygen atoms in total. The molecule has 0 atom stereocenters. The molecular weight excluding hydrogens is 474 g/mol. The number of anilines is 1. The fourth-order valence-electron chi connectivity index (χ4n) is 4.02. The largest absolute Gasteiger partial charge is 0.486 e. The Balaban J connectivity index is 1.21. The van der Waals surface area contributed by atoms with Crippen molar-refractivity contribution in [2.75, 3.05) is 44.7 Å². The topological polar surface area (TPSA) is 71.1 Å². The number of urea groups is 1. The number of carbonyl (C=O) groups excluding carboxylic acids is 2. The predicted octanol–water partition coefficient (Wildman–Crippen LogP) is 5.22. The molecule has 3 amide bonds. The van der Waals surface area contributed by atoms with Gasteiger partial charge in [0.1, 0.15) is 13.2 Å². The molecule has 0 unspecified atom stereocenters. The third-order valence-electron chi connectivity index (χ3n) is 5.81. The van der Waals surface area contributed by atoms with Gasteiger partial charge in [0.25, 0.3) is 5.91 Å². The highest BCUT2D eigenvalue weighted by Gasteiger charge is 2.24. The molecule has 1 aromatic heterocycles. The normalized spacial score (nSPS) is 15.6. The van der Waals surface area contributed by atoms with Crippen molar-refractivity contribution in [1.29, 1.82) is 0 Å². The minimum absolute atomic E-state index is 0.00578. The minimum Gasteiger partial charge on any atom is -0.486 e. The zero-order valence-corrected chi connectivity index (χ0v) is 20.0.